The summed E-state index contributed by atoms with van der Waals surface area (Å²) in [5, 5.41) is 0. The molecule has 0 saturated heterocycles. The smallest absolute Gasteiger partial charge is 0.169 e. The van der Waals surface area contributed by atoms with Crippen molar-refractivity contribution in [2.75, 3.05) is 0 Å². The molecule has 2 unspecified atom stereocenters. The van der Waals surface area contributed by atoms with Gasteiger partial charge in [-0.25, -0.2) is 8.78 Å². The summed E-state index contributed by atoms with van der Waals surface area (Å²) in [5.41, 5.74) is 6.23. The average Bonchev–Trinajstić information content (AvgIpc) is 2.69. The minimum Gasteiger partial charge on any atom is -0.485 e. The van der Waals surface area contributed by atoms with Crippen LogP contribution in [0.4, 0.5) is 8.78 Å². The lowest BCUT2D eigenvalue weighted by Gasteiger charge is -2.54. The van der Waals surface area contributed by atoms with Crippen LogP contribution in [0.5, 0.6) is 5.75 Å². The second-order valence-corrected chi connectivity index (χ2v) is 7.15. The maximum Gasteiger partial charge on any atom is 0.169 e. The molecule has 3 rings (SSSR count). The molecular weight excluding hydrogens is 340 g/mol. The fourth-order valence-corrected chi connectivity index (χ4v) is 4.31. The van der Waals surface area contributed by atoms with Crippen molar-refractivity contribution in [3.05, 3.63) is 28.2 Å². The second-order valence-electron chi connectivity index (χ2n) is 6.29. The minimum atomic E-state index is -0.661. The molecule has 2 fully saturated rings. The Labute approximate surface area is 132 Å². The van der Waals surface area contributed by atoms with Gasteiger partial charge in [0.1, 0.15) is 11.9 Å². The van der Waals surface area contributed by atoms with Gasteiger partial charge in [0.2, 0.25) is 0 Å². The standard InChI is InChI=1S/C16H20BrF2NO/c17-11-7-10(18)8-12(19)15(11)21-14-9-13(20)16(14)5-3-1-2-4-6-16/h7-8,13-14H,1-6,9,20H2. The number of halogens is 3. The lowest BCUT2D eigenvalue weighted by Crippen LogP contribution is -2.63. The Bertz CT molecular complexity index is 506. The lowest BCUT2D eigenvalue weighted by molar-refractivity contribution is -0.0788. The summed E-state index contributed by atoms with van der Waals surface area (Å²) in [7, 11) is 0. The van der Waals surface area contributed by atoms with Gasteiger partial charge in [-0.05, 0) is 34.8 Å². The molecule has 2 N–H and O–H groups in total. The van der Waals surface area contributed by atoms with Crippen molar-refractivity contribution in [2.24, 2.45) is 11.1 Å². The molecular formula is C16H20BrF2NO. The number of hydrogen-bond donors (Lipinski definition) is 1. The van der Waals surface area contributed by atoms with Crippen molar-refractivity contribution in [3.8, 4) is 5.75 Å². The molecule has 2 saturated carbocycles. The SMILES string of the molecule is NC1CC(Oc2c(F)cc(F)cc2Br)C12CCCCCC2. The van der Waals surface area contributed by atoms with Crippen molar-refractivity contribution in [1.82, 2.24) is 0 Å². The molecule has 0 heterocycles. The third kappa shape index (κ3) is 2.70. The van der Waals surface area contributed by atoms with Crippen molar-refractivity contribution >= 4 is 15.9 Å². The molecule has 0 aromatic heterocycles. The number of nitrogens with two attached hydrogens (primary N) is 1. The van der Waals surface area contributed by atoms with Gasteiger partial charge >= 0.3 is 0 Å². The van der Waals surface area contributed by atoms with E-state index in [1.165, 1.54) is 18.9 Å². The molecule has 2 aliphatic rings. The lowest BCUT2D eigenvalue weighted by atomic mass is 9.58. The number of benzene rings is 1. The van der Waals surface area contributed by atoms with Crippen LogP contribution in [-0.4, -0.2) is 12.1 Å². The van der Waals surface area contributed by atoms with Crippen LogP contribution < -0.4 is 10.5 Å². The molecule has 21 heavy (non-hydrogen) atoms. The topological polar surface area (TPSA) is 35.2 Å². The zero-order valence-electron chi connectivity index (χ0n) is 11.9. The van der Waals surface area contributed by atoms with E-state index in [1.54, 1.807) is 0 Å². The van der Waals surface area contributed by atoms with Crippen LogP contribution in [0.2, 0.25) is 0 Å². The Balaban J connectivity index is 1.82. The van der Waals surface area contributed by atoms with E-state index in [0.29, 0.717) is 4.47 Å². The third-order valence-corrected chi connectivity index (χ3v) is 5.69. The van der Waals surface area contributed by atoms with Gasteiger partial charge in [-0.15, -0.1) is 0 Å². The molecule has 1 aromatic rings. The minimum absolute atomic E-state index is 0.0310. The Morgan fingerprint density at radius 3 is 2.38 bits per heavy atom. The molecule has 5 heteroatoms. The summed E-state index contributed by atoms with van der Waals surface area (Å²) in [4.78, 5) is 0. The van der Waals surface area contributed by atoms with Crippen molar-refractivity contribution < 1.29 is 13.5 Å². The van der Waals surface area contributed by atoms with Crippen LogP contribution in [0.1, 0.15) is 44.9 Å². The zero-order valence-corrected chi connectivity index (χ0v) is 13.5. The van der Waals surface area contributed by atoms with E-state index in [4.69, 9.17) is 10.5 Å². The maximum absolute atomic E-state index is 13.9. The largest absolute Gasteiger partial charge is 0.485 e. The zero-order chi connectivity index (χ0) is 15.0. The van der Waals surface area contributed by atoms with E-state index in [0.717, 1.165) is 38.2 Å². The predicted octanol–water partition coefficient (Wildman–Crippen LogP) is 4.55. The molecule has 2 atom stereocenters. The highest BCUT2D eigenvalue weighted by Gasteiger charge is 2.54. The van der Waals surface area contributed by atoms with Crippen LogP contribution in [0, 0.1) is 17.0 Å². The molecule has 0 bridgehead atoms. The van der Waals surface area contributed by atoms with Crippen molar-refractivity contribution in [1.29, 1.82) is 0 Å². The van der Waals surface area contributed by atoms with E-state index in [-0.39, 0.29) is 23.3 Å². The van der Waals surface area contributed by atoms with Crippen LogP contribution in [-0.2, 0) is 0 Å². The van der Waals surface area contributed by atoms with E-state index >= 15 is 0 Å². The summed E-state index contributed by atoms with van der Waals surface area (Å²) >= 11 is 3.19. The summed E-state index contributed by atoms with van der Waals surface area (Å²) in [6, 6.07) is 2.22. The van der Waals surface area contributed by atoms with Gasteiger partial charge in [-0.3, -0.25) is 0 Å². The number of rotatable bonds is 2. The molecule has 0 radical (unpaired) electrons. The Morgan fingerprint density at radius 2 is 1.81 bits per heavy atom. The Morgan fingerprint density at radius 1 is 1.14 bits per heavy atom. The maximum atomic E-state index is 13.9. The monoisotopic (exact) mass is 359 g/mol. The van der Waals surface area contributed by atoms with Crippen LogP contribution in [0.15, 0.2) is 16.6 Å². The Hall–Kier alpha value is -0.680. The van der Waals surface area contributed by atoms with Crippen LogP contribution >= 0.6 is 15.9 Å². The second kappa shape index (κ2) is 5.84. The molecule has 1 spiro atoms. The van der Waals surface area contributed by atoms with Crippen LogP contribution in [0.25, 0.3) is 0 Å². The fraction of sp³-hybridized carbons (Fsp3) is 0.625. The third-order valence-electron chi connectivity index (χ3n) is 5.11. The van der Waals surface area contributed by atoms with E-state index in [2.05, 4.69) is 15.9 Å². The average molecular weight is 360 g/mol. The van der Waals surface area contributed by atoms with Gasteiger partial charge in [0.15, 0.2) is 11.6 Å². The van der Waals surface area contributed by atoms with E-state index < -0.39 is 11.6 Å². The van der Waals surface area contributed by atoms with Crippen molar-refractivity contribution in [2.45, 2.75) is 57.1 Å². The molecule has 116 valence electrons. The summed E-state index contributed by atoms with van der Waals surface area (Å²) in [6.07, 6.45) is 7.52. The number of hydrogen-bond acceptors (Lipinski definition) is 2. The molecule has 0 amide bonds. The molecule has 1 aromatic carbocycles. The van der Waals surface area contributed by atoms with Gasteiger partial charge in [-0.2, -0.15) is 0 Å². The highest BCUT2D eigenvalue weighted by Crippen LogP contribution is 2.52. The Kier molecular flexibility index (Phi) is 4.23. The first-order valence-corrected chi connectivity index (χ1v) is 8.39. The van der Waals surface area contributed by atoms with Gasteiger partial charge in [0.05, 0.1) is 4.47 Å². The van der Waals surface area contributed by atoms with E-state index in [9.17, 15) is 8.78 Å². The van der Waals surface area contributed by atoms with Crippen molar-refractivity contribution in [3.63, 3.8) is 0 Å². The van der Waals surface area contributed by atoms with Gasteiger partial charge in [0.25, 0.3) is 0 Å². The van der Waals surface area contributed by atoms with E-state index in [1.807, 2.05) is 0 Å². The normalized spacial score (nSPS) is 28.0. The first-order chi connectivity index (χ1) is 10.0. The summed E-state index contributed by atoms with van der Waals surface area (Å²) < 4.78 is 33.3. The number of ether oxygens (including phenoxy) is 1. The molecule has 0 aliphatic heterocycles. The quantitative estimate of drug-likeness (QED) is 0.840. The van der Waals surface area contributed by atoms with Gasteiger partial charge < -0.3 is 10.5 Å². The highest BCUT2D eigenvalue weighted by atomic mass is 79.9. The first kappa shape index (κ1) is 15.2. The highest BCUT2D eigenvalue weighted by molar-refractivity contribution is 9.10. The van der Waals surface area contributed by atoms with Crippen LogP contribution in [0.3, 0.4) is 0 Å². The summed E-state index contributed by atoms with van der Waals surface area (Å²) in [6.45, 7) is 0. The van der Waals surface area contributed by atoms with Gasteiger partial charge in [0, 0.05) is 23.9 Å². The molecule has 2 nitrogen and oxygen atoms in total. The van der Waals surface area contributed by atoms with Gasteiger partial charge in [-0.1, -0.05) is 25.7 Å². The predicted molar refractivity (Wildman–Crippen MR) is 81.2 cm³/mol. The summed E-state index contributed by atoms with van der Waals surface area (Å²) in [5.74, 6) is -1.16. The molecule has 2 aliphatic carbocycles. The first-order valence-electron chi connectivity index (χ1n) is 7.60. The fourth-order valence-electron chi connectivity index (χ4n) is 3.81.